The van der Waals surface area contributed by atoms with Gasteiger partial charge in [0.1, 0.15) is 0 Å². The molecule has 0 aliphatic heterocycles. The normalized spacial score (nSPS) is 11.6. The van der Waals surface area contributed by atoms with Gasteiger partial charge in [0.05, 0.1) is 19.1 Å². The van der Waals surface area contributed by atoms with Crippen molar-refractivity contribution in [3.8, 4) is 11.9 Å². The lowest BCUT2D eigenvalue weighted by Crippen LogP contribution is -2.25. The van der Waals surface area contributed by atoms with Gasteiger partial charge in [-0.2, -0.15) is 10.2 Å². The molecule has 1 atom stereocenters. The summed E-state index contributed by atoms with van der Waals surface area (Å²) in [5.41, 5.74) is 0. The number of nitrogens with zero attached hydrogens (tertiary/aromatic N) is 4. The van der Waals surface area contributed by atoms with E-state index in [1.165, 1.54) is 0 Å². The summed E-state index contributed by atoms with van der Waals surface area (Å²) in [4.78, 5) is 10.1. The highest BCUT2D eigenvalue weighted by Crippen LogP contribution is 2.11. The predicted molar refractivity (Wildman–Crippen MR) is 56.6 cm³/mol. The Balaban J connectivity index is 2.73. The average Bonchev–Trinajstić information content (AvgIpc) is 2.28. The van der Waals surface area contributed by atoms with E-state index >= 15 is 0 Å². The van der Waals surface area contributed by atoms with Crippen molar-refractivity contribution in [2.24, 2.45) is 5.92 Å². The first-order valence-corrected chi connectivity index (χ1v) is 4.65. The van der Waals surface area contributed by atoms with Crippen LogP contribution in [0.1, 0.15) is 6.92 Å². The van der Waals surface area contributed by atoms with Crippen LogP contribution in [0, 0.1) is 17.2 Å². The summed E-state index contributed by atoms with van der Waals surface area (Å²) >= 11 is 0. The van der Waals surface area contributed by atoms with E-state index in [9.17, 15) is 0 Å². The molecule has 1 rings (SSSR count). The standard InChI is InChI=1S/C10H14N4O/c1-8(6-11)7-14(2)10-12-5-4-9(13-10)15-3/h4-5,8H,7H2,1-3H3/t8-/m1/s1. The summed E-state index contributed by atoms with van der Waals surface area (Å²) in [7, 11) is 3.41. The minimum absolute atomic E-state index is 0.0511. The Morgan fingerprint density at radius 1 is 1.67 bits per heavy atom. The molecule has 80 valence electrons. The maximum absolute atomic E-state index is 8.69. The second kappa shape index (κ2) is 5.15. The van der Waals surface area contributed by atoms with E-state index in [0.717, 1.165) is 0 Å². The average molecular weight is 206 g/mol. The molecule has 1 aromatic heterocycles. The van der Waals surface area contributed by atoms with E-state index in [4.69, 9.17) is 10.00 Å². The molecule has 15 heavy (non-hydrogen) atoms. The molecule has 0 aromatic carbocycles. The fourth-order valence-corrected chi connectivity index (χ4v) is 1.16. The lowest BCUT2D eigenvalue weighted by Gasteiger charge is -2.17. The van der Waals surface area contributed by atoms with Gasteiger partial charge in [-0.25, -0.2) is 4.98 Å². The number of rotatable bonds is 4. The van der Waals surface area contributed by atoms with Crippen molar-refractivity contribution in [3.05, 3.63) is 12.3 Å². The minimum atomic E-state index is -0.0511. The van der Waals surface area contributed by atoms with E-state index in [1.54, 1.807) is 19.4 Å². The van der Waals surface area contributed by atoms with Gasteiger partial charge in [-0.05, 0) is 6.92 Å². The molecule has 0 aliphatic rings. The van der Waals surface area contributed by atoms with Gasteiger partial charge < -0.3 is 9.64 Å². The zero-order valence-electron chi connectivity index (χ0n) is 9.14. The van der Waals surface area contributed by atoms with Crippen LogP contribution in [0.5, 0.6) is 5.88 Å². The Morgan fingerprint density at radius 3 is 3.00 bits per heavy atom. The zero-order chi connectivity index (χ0) is 11.3. The first kappa shape index (κ1) is 11.2. The second-order valence-electron chi connectivity index (χ2n) is 3.31. The quantitative estimate of drug-likeness (QED) is 0.737. The van der Waals surface area contributed by atoms with E-state index in [0.29, 0.717) is 18.4 Å². The maximum atomic E-state index is 8.69. The molecular formula is C10H14N4O. The van der Waals surface area contributed by atoms with Crippen LogP contribution < -0.4 is 9.64 Å². The lowest BCUT2D eigenvalue weighted by molar-refractivity contribution is 0.396. The van der Waals surface area contributed by atoms with Crippen molar-refractivity contribution >= 4 is 5.95 Å². The van der Waals surface area contributed by atoms with Gasteiger partial charge in [-0.1, -0.05) is 0 Å². The number of hydrogen-bond donors (Lipinski definition) is 0. The third-order valence-electron chi connectivity index (χ3n) is 1.94. The van der Waals surface area contributed by atoms with Gasteiger partial charge >= 0.3 is 0 Å². The van der Waals surface area contributed by atoms with Crippen LogP contribution in [-0.4, -0.2) is 30.7 Å². The topological polar surface area (TPSA) is 62.0 Å². The highest BCUT2D eigenvalue weighted by molar-refractivity contribution is 5.30. The molecule has 5 heteroatoms. The SMILES string of the molecule is COc1ccnc(N(C)C[C@H](C)C#N)n1. The molecule has 1 aromatic rings. The molecule has 0 saturated heterocycles. The summed E-state index contributed by atoms with van der Waals surface area (Å²) in [5.74, 6) is 1.04. The van der Waals surface area contributed by atoms with E-state index in [1.807, 2.05) is 18.9 Å². The van der Waals surface area contributed by atoms with Crippen LogP contribution in [0.2, 0.25) is 0 Å². The van der Waals surface area contributed by atoms with Crippen molar-refractivity contribution in [2.75, 3.05) is 25.6 Å². The van der Waals surface area contributed by atoms with Crippen LogP contribution in [-0.2, 0) is 0 Å². The predicted octanol–water partition coefficient (Wildman–Crippen LogP) is 1.08. The number of hydrogen-bond acceptors (Lipinski definition) is 5. The molecule has 0 saturated carbocycles. The van der Waals surface area contributed by atoms with Crippen molar-refractivity contribution < 1.29 is 4.74 Å². The van der Waals surface area contributed by atoms with Crippen LogP contribution >= 0.6 is 0 Å². The smallest absolute Gasteiger partial charge is 0.228 e. The maximum Gasteiger partial charge on any atom is 0.228 e. The number of aromatic nitrogens is 2. The largest absolute Gasteiger partial charge is 0.481 e. The molecule has 1 heterocycles. The van der Waals surface area contributed by atoms with E-state index < -0.39 is 0 Å². The first-order valence-electron chi connectivity index (χ1n) is 4.65. The third kappa shape index (κ3) is 3.09. The third-order valence-corrected chi connectivity index (χ3v) is 1.94. The molecule has 0 spiro atoms. The molecule has 0 radical (unpaired) electrons. The highest BCUT2D eigenvalue weighted by Gasteiger charge is 2.09. The monoisotopic (exact) mass is 206 g/mol. The molecule has 5 nitrogen and oxygen atoms in total. The Bertz CT molecular complexity index is 361. The molecular weight excluding hydrogens is 192 g/mol. The van der Waals surface area contributed by atoms with E-state index in [-0.39, 0.29) is 5.92 Å². The molecule has 0 bridgehead atoms. The molecule has 0 aliphatic carbocycles. The number of ether oxygens (including phenoxy) is 1. The van der Waals surface area contributed by atoms with Crippen molar-refractivity contribution in [1.82, 2.24) is 9.97 Å². The summed E-state index contributed by atoms with van der Waals surface area (Å²) in [6.45, 7) is 2.46. The fourth-order valence-electron chi connectivity index (χ4n) is 1.16. The van der Waals surface area contributed by atoms with Crippen molar-refractivity contribution in [2.45, 2.75) is 6.92 Å². The molecule has 0 fully saturated rings. The van der Waals surface area contributed by atoms with Gasteiger partial charge in [-0.3, -0.25) is 0 Å². The highest BCUT2D eigenvalue weighted by atomic mass is 16.5. The van der Waals surface area contributed by atoms with Gasteiger partial charge in [-0.15, -0.1) is 0 Å². The fraction of sp³-hybridized carbons (Fsp3) is 0.500. The van der Waals surface area contributed by atoms with Crippen LogP contribution in [0.15, 0.2) is 12.3 Å². The molecule has 0 N–H and O–H groups in total. The summed E-state index contributed by atoms with van der Waals surface area (Å²) in [6.07, 6.45) is 1.63. The number of methoxy groups -OCH3 is 1. The lowest BCUT2D eigenvalue weighted by atomic mass is 10.2. The van der Waals surface area contributed by atoms with Gasteiger partial charge in [0.25, 0.3) is 0 Å². The minimum Gasteiger partial charge on any atom is -0.481 e. The molecule has 0 amide bonds. The van der Waals surface area contributed by atoms with Crippen molar-refractivity contribution in [3.63, 3.8) is 0 Å². The summed E-state index contributed by atoms with van der Waals surface area (Å²) in [6, 6.07) is 3.85. The summed E-state index contributed by atoms with van der Waals surface area (Å²) < 4.78 is 4.99. The Kier molecular flexibility index (Phi) is 3.86. The Morgan fingerprint density at radius 2 is 2.40 bits per heavy atom. The van der Waals surface area contributed by atoms with Gasteiger partial charge in [0.15, 0.2) is 0 Å². The Labute approximate surface area is 89.3 Å². The van der Waals surface area contributed by atoms with E-state index in [2.05, 4.69) is 16.0 Å². The van der Waals surface area contributed by atoms with Crippen molar-refractivity contribution in [1.29, 1.82) is 5.26 Å². The summed E-state index contributed by atoms with van der Waals surface area (Å²) in [5, 5.41) is 8.69. The first-order chi connectivity index (χ1) is 7.17. The van der Waals surface area contributed by atoms with Gasteiger partial charge in [0, 0.05) is 25.9 Å². The van der Waals surface area contributed by atoms with Crippen LogP contribution in [0.3, 0.4) is 0 Å². The van der Waals surface area contributed by atoms with Crippen LogP contribution in [0.4, 0.5) is 5.95 Å². The Hall–Kier alpha value is -1.83. The zero-order valence-corrected chi connectivity index (χ0v) is 9.14. The van der Waals surface area contributed by atoms with Gasteiger partial charge in [0.2, 0.25) is 11.8 Å². The molecule has 0 unspecified atom stereocenters. The van der Waals surface area contributed by atoms with Crippen LogP contribution in [0.25, 0.3) is 0 Å². The number of nitriles is 1. The number of anilines is 1. The second-order valence-corrected chi connectivity index (χ2v) is 3.31.